The number of rotatable bonds is 4. The number of carbonyl (C=O) groups excluding carboxylic acids is 1. The molecule has 0 bridgehead atoms. The molecule has 0 saturated heterocycles. The molecule has 0 aliphatic heterocycles. The molecule has 0 fully saturated rings. The number of nitro groups is 1. The second kappa shape index (κ2) is 5.30. The quantitative estimate of drug-likeness (QED) is 0.212. The Kier molecular flexibility index (Phi) is 4.36. The number of allylic oxidation sites excluding steroid dienone is 2. The van der Waals surface area contributed by atoms with E-state index in [2.05, 4.69) is 9.19 Å². The molecular weight excluding hydrogens is 323 g/mol. The van der Waals surface area contributed by atoms with Gasteiger partial charge in [-0.3, -0.25) is 0 Å². The number of nitrogens with one attached hydrogen (secondary N) is 1. The summed E-state index contributed by atoms with van der Waals surface area (Å²) in [5.74, 6) is -0.603. The zero-order chi connectivity index (χ0) is 14.8. The SMILES string of the molecule is CC(=O)NC1([N+](=O)[O-])C=CC([As](=O)(O)OO)=C(C)C1. The molecule has 2 atom stereocenters. The molecule has 0 aromatic carbocycles. The summed E-state index contributed by atoms with van der Waals surface area (Å²) in [4.78, 5) is 21.4. The first-order valence-electron chi connectivity index (χ1n) is 5.13. The molecule has 19 heavy (non-hydrogen) atoms. The average molecular weight is 336 g/mol. The number of hydrogen-bond donors (Lipinski definition) is 3. The van der Waals surface area contributed by atoms with E-state index in [4.69, 9.17) is 5.26 Å². The van der Waals surface area contributed by atoms with Crippen molar-refractivity contribution < 1.29 is 26.7 Å². The van der Waals surface area contributed by atoms with Crippen molar-refractivity contribution >= 4 is 20.1 Å². The van der Waals surface area contributed by atoms with Crippen molar-refractivity contribution in [1.29, 1.82) is 0 Å². The van der Waals surface area contributed by atoms with Crippen molar-refractivity contribution in [2.75, 3.05) is 0 Å². The van der Waals surface area contributed by atoms with Gasteiger partial charge in [0.2, 0.25) is 0 Å². The van der Waals surface area contributed by atoms with Crippen LogP contribution in [0.2, 0.25) is 0 Å². The van der Waals surface area contributed by atoms with Crippen LogP contribution >= 0.6 is 0 Å². The Balaban J connectivity index is 3.19. The molecule has 1 rings (SSSR count). The predicted molar refractivity (Wildman–Crippen MR) is 62.4 cm³/mol. The zero-order valence-corrected chi connectivity index (χ0v) is 12.1. The topological polar surface area (TPSA) is 139 Å². The summed E-state index contributed by atoms with van der Waals surface area (Å²) in [5, 5.41) is 21.7. The van der Waals surface area contributed by atoms with E-state index in [9.17, 15) is 22.7 Å². The molecule has 0 radical (unpaired) electrons. The van der Waals surface area contributed by atoms with Gasteiger partial charge in [0, 0.05) is 0 Å². The van der Waals surface area contributed by atoms with E-state index < -0.39 is 30.7 Å². The summed E-state index contributed by atoms with van der Waals surface area (Å²) in [6.45, 7) is 2.52. The Labute approximate surface area is 111 Å². The predicted octanol–water partition coefficient (Wildman–Crippen LogP) is -0.238. The van der Waals surface area contributed by atoms with E-state index in [-0.39, 0.29) is 16.4 Å². The van der Waals surface area contributed by atoms with Crippen molar-refractivity contribution in [1.82, 2.24) is 5.32 Å². The standard InChI is InChI=1S/C9H13AsN2O7/c1-6-5-9(12(16)17,11-7(2)13)4-3-8(6)10(14,15)19-18/h3-4,18H,5H2,1-2H3,(H,11,13)(H,14,15). The minimum absolute atomic E-state index is 0.177. The van der Waals surface area contributed by atoms with Gasteiger partial charge in [0.1, 0.15) is 0 Å². The van der Waals surface area contributed by atoms with E-state index in [1.165, 1.54) is 6.92 Å². The molecular formula is C9H13AsN2O7. The zero-order valence-electron chi connectivity index (χ0n) is 10.2. The number of amides is 1. The van der Waals surface area contributed by atoms with Crippen LogP contribution in [0.25, 0.3) is 0 Å². The number of hydrogen-bond acceptors (Lipinski definition) is 6. The van der Waals surface area contributed by atoms with Gasteiger partial charge in [0.25, 0.3) is 0 Å². The first-order valence-corrected chi connectivity index (χ1v) is 8.44. The van der Waals surface area contributed by atoms with Gasteiger partial charge >= 0.3 is 110 Å². The third kappa shape index (κ3) is 3.13. The van der Waals surface area contributed by atoms with E-state index in [1.54, 1.807) is 0 Å². The van der Waals surface area contributed by atoms with Crippen molar-refractivity contribution in [3.8, 4) is 0 Å². The first-order chi connectivity index (χ1) is 8.64. The molecule has 0 aromatic rings. The fraction of sp³-hybridized carbons (Fsp3) is 0.444. The van der Waals surface area contributed by atoms with Crippen molar-refractivity contribution in [3.05, 3.63) is 32.2 Å². The monoisotopic (exact) mass is 336 g/mol. The van der Waals surface area contributed by atoms with Gasteiger partial charge in [-0.1, -0.05) is 0 Å². The summed E-state index contributed by atoms with van der Waals surface area (Å²) in [6.07, 6.45) is 1.73. The molecule has 3 N–H and O–H groups in total. The molecule has 0 aromatic heterocycles. The molecule has 1 aliphatic carbocycles. The van der Waals surface area contributed by atoms with E-state index >= 15 is 0 Å². The summed E-state index contributed by atoms with van der Waals surface area (Å²) in [6, 6.07) is 0. The molecule has 0 spiro atoms. The Bertz CT molecular complexity index is 527. The van der Waals surface area contributed by atoms with Crippen molar-refractivity contribution in [3.63, 3.8) is 0 Å². The van der Waals surface area contributed by atoms with Crippen LogP contribution in [0.3, 0.4) is 0 Å². The second-order valence-electron chi connectivity index (χ2n) is 4.14. The summed E-state index contributed by atoms with van der Waals surface area (Å²) in [5.41, 5.74) is -1.67. The summed E-state index contributed by atoms with van der Waals surface area (Å²) >= 11 is -5.07. The fourth-order valence-electron chi connectivity index (χ4n) is 1.85. The van der Waals surface area contributed by atoms with Crippen LogP contribution in [0.5, 0.6) is 0 Å². The van der Waals surface area contributed by atoms with Crippen LogP contribution in [0, 0.1) is 10.1 Å². The number of carbonyl (C=O) groups is 1. The van der Waals surface area contributed by atoms with Crippen LogP contribution in [0.4, 0.5) is 0 Å². The Hall–Kier alpha value is -1.41. The Morgan fingerprint density at radius 3 is 2.63 bits per heavy atom. The molecule has 9 nitrogen and oxygen atoms in total. The maximum atomic E-state index is 11.5. The third-order valence-electron chi connectivity index (χ3n) is 2.62. The second-order valence-corrected chi connectivity index (χ2v) is 7.68. The molecule has 106 valence electrons. The maximum absolute atomic E-state index is 11.5. The van der Waals surface area contributed by atoms with Gasteiger partial charge < -0.3 is 0 Å². The third-order valence-corrected chi connectivity index (χ3v) is 5.48. The van der Waals surface area contributed by atoms with Crippen LogP contribution in [-0.4, -0.2) is 40.0 Å². The normalized spacial score (nSPS) is 25.9. The molecule has 0 saturated carbocycles. The van der Waals surface area contributed by atoms with Gasteiger partial charge in [-0.2, -0.15) is 0 Å². The van der Waals surface area contributed by atoms with Crippen LogP contribution < -0.4 is 5.32 Å². The molecule has 1 aliphatic rings. The first kappa shape index (κ1) is 15.6. The van der Waals surface area contributed by atoms with E-state index in [0.717, 1.165) is 19.1 Å². The Morgan fingerprint density at radius 1 is 1.68 bits per heavy atom. The van der Waals surface area contributed by atoms with Crippen LogP contribution in [0.1, 0.15) is 20.3 Å². The van der Waals surface area contributed by atoms with Crippen LogP contribution in [-0.2, 0) is 12.4 Å². The van der Waals surface area contributed by atoms with Gasteiger partial charge in [0.15, 0.2) is 0 Å². The van der Waals surface area contributed by atoms with Crippen molar-refractivity contribution in [2.45, 2.75) is 25.9 Å². The number of nitrogens with zero attached hydrogens (tertiary/aromatic N) is 1. The van der Waals surface area contributed by atoms with Gasteiger partial charge in [-0.25, -0.2) is 0 Å². The fourth-order valence-corrected chi connectivity index (χ4v) is 3.77. The molecule has 0 heterocycles. The van der Waals surface area contributed by atoms with Crippen LogP contribution in [0.15, 0.2) is 22.1 Å². The Morgan fingerprint density at radius 2 is 2.26 bits per heavy atom. The van der Waals surface area contributed by atoms with Crippen molar-refractivity contribution in [2.24, 2.45) is 0 Å². The average Bonchev–Trinajstić information content (AvgIpc) is 2.27. The molecule has 10 heteroatoms. The summed E-state index contributed by atoms with van der Waals surface area (Å²) < 4.78 is 24.3. The molecule has 2 unspecified atom stereocenters. The van der Waals surface area contributed by atoms with E-state index in [0.29, 0.717) is 0 Å². The van der Waals surface area contributed by atoms with Gasteiger partial charge in [-0.05, 0) is 0 Å². The summed E-state index contributed by atoms with van der Waals surface area (Å²) in [7, 11) is 0. The van der Waals surface area contributed by atoms with Gasteiger partial charge in [-0.15, -0.1) is 0 Å². The van der Waals surface area contributed by atoms with E-state index in [1.807, 2.05) is 0 Å². The van der Waals surface area contributed by atoms with Gasteiger partial charge in [0.05, 0.1) is 0 Å². The minimum atomic E-state index is -5.07. The molecule has 1 amide bonds.